The van der Waals surface area contributed by atoms with Crippen LogP contribution in [0, 0.1) is 19.8 Å². The summed E-state index contributed by atoms with van der Waals surface area (Å²) in [6.45, 7) is 6.57. The number of hydrogen-bond donors (Lipinski definition) is 0. The molecule has 0 aliphatic carbocycles. The van der Waals surface area contributed by atoms with Gasteiger partial charge in [0.2, 0.25) is 5.91 Å². The number of fused-ring (bicyclic) bond motifs is 1. The van der Waals surface area contributed by atoms with Crippen molar-refractivity contribution in [3.05, 3.63) is 46.9 Å². The quantitative estimate of drug-likeness (QED) is 0.676. The third-order valence-corrected chi connectivity index (χ3v) is 6.72. The minimum absolute atomic E-state index is 0.0700. The van der Waals surface area contributed by atoms with E-state index < -0.39 is 0 Å². The number of pyridine rings is 1. The summed E-state index contributed by atoms with van der Waals surface area (Å²) in [5.41, 5.74) is 2.33. The van der Waals surface area contributed by atoms with Crippen LogP contribution >= 0.6 is 11.3 Å². The van der Waals surface area contributed by atoms with Gasteiger partial charge in [-0.2, -0.15) is 0 Å². The van der Waals surface area contributed by atoms with Crippen molar-refractivity contribution in [2.24, 2.45) is 5.92 Å². The Labute approximate surface area is 169 Å². The maximum Gasteiger partial charge on any atom is 0.225 e. The number of aryl methyl sites for hydroxylation is 2. The molecule has 146 valence electrons. The standard InChI is InChI=1S/C21H25N5OS/c1-14-15(2)28-20-18(14)19(23-13-24-20)26-9-6-17(7-10-26)21(27)25(3)12-16-5-4-8-22-11-16/h4-5,8,11,13,17H,6-7,9-10,12H2,1-3H3. The van der Waals surface area contributed by atoms with E-state index in [9.17, 15) is 4.79 Å². The van der Waals surface area contributed by atoms with Gasteiger partial charge in [-0.3, -0.25) is 9.78 Å². The average Bonchev–Trinajstić information content (AvgIpc) is 3.02. The molecule has 1 saturated heterocycles. The number of piperidine rings is 1. The lowest BCUT2D eigenvalue weighted by molar-refractivity contribution is -0.135. The van der Waals surface area contributed by atoms with E-state index in [1.165, 1.54) is 15.8 Å². The molecule has 0 unspecified atom stereocenters. The van der Waals surface area contributed by atoms with E-state index in [2.05, 4.69) is 33.7 Å². The van der Waals surface area contributed by atoms with Gasteiger partial charge < -0.3 is 9.80 Å². The Bertz CT molecular complexity index is 979. The van der Waals surface area contributed by atoms with Crippen LogP contribution in [0.25, 0.3) is 10.2 Å². The molecule has 0 radical (unpaired) electrons. The molecule has 6 nitrogen and oxygen atoms in total. The molecule has 0 N–H and O–H groups in total. The van der Waals surface area contributed by atoms with Crippen molar-refractivity contribution in [1.29, 1.82) is 0 Å². The Balaban J connectivity index is 1.43. The van der Waals surface area contributed by atoms with Gasteiger partial charge in [0.15, 0.2) is 0 Å². The molecular weight excluding hydrogens is 370 g/mol. The Hall–Kier alpha value is -2.54. The van der Waals surface area contributed by atoms with Gasteiger partial charge in [0.1, 0.15) is 17.0 Å². The molecule has 0 spiro atoms. The molecule has 1 aliphatic rings. The fourth-order valence-electron chi connectivity index (χ4n) is 3.90. The Morgan fingerprint density at radius 3 is 2.79 bits per heavy atom. The van der Waals surface area contributed by atoms with Crippen LogP contribution in [-0.2, 0) is 11.3 Å². The fourth-order valence-corrected chi connectivity index (χ4v) is 4.89. The zero-order chi connectivity index (χ0) is 19.7. The van der Waals surface area contributed by atoms with Crippen LogP contribution in [0.3, 0.4) is 0 Å². The summed E-state index contributed by atoms with van der Waals surface area (Å²) < 4.78 is 0. The van der Waals surface area contributed by atoms with Gasteiger partial charge in [-0.25, -0.2) is 9.97 Å². The van der Waals surface area contributed by atoms with Crippen LogP contribution in [0.2, 0.25) is 0 Å². The predicted octanol–water partition coefficient (Wildman–Crippen LogP) is 3.58. The normalized spacial score (nSPS) is 15.2. The predicted molar refractivity (Wildman–Crippen MR) is 113 cm³/mol. The van der Waals surface area contributed by atoms with Gasteiger partial charge >= 0.3 is 0 Å². The van der Waals surface area contributed by atoms with Crippen molar-refractivity contribution in [3.63, 3.8) is 0 Å². The Morgan fingerprint density at radius 1 is 1.29 bits per heavy atom. The highest BCUT2D eigenvalue weighted by molar-refractivity contribution is 7.18. The summed E-state index contributed by atoms with van der Waals surface area (Å²) in [5, 5.41) is 1.17. The number of rotatable bonds is 4. The lowest BCUT2D eigenvalue weighted by Gasteiger charge is -2.34. The second-order valence-corrected chi connectivity index (χ2v) is 8.68. The second kappa shape index (κ2) is 7.83. The molecule has 4 rings (SSSR count). The number of carbonyl (C=O) groups excluding carboxylic acids is 1. The number of thiophene rings is 1. The minimum atomic E-state index is 0.0700. The van der Waals surface area contributed by atoms with Crippen LogP contribution in [0.15, 0.2) is 30.9 Å². The van der Waals surface area contributed by atoms with Crippen LogP contribution in [0.1, 0.15) is 28.8 Å². The van der Waals surface area contributed by atoms with Crippen LogP contribution in [0.5, 0.6) is 0 Å². The zero-order valence-electron chi connectivity index (χ0n) is 16.6. The van der Waals surface area contributed by atoms with E-state index >= 15 is 0 Å². The molecule has 4 heterocycles. The van der Waals surface area contributed by atoms with Crippen LogP contribution in [-0.4, -0.2) is 45.9 Å². The Kier molecular flexibility index (Phi) is 5.26. The molecule has 1 amide bonds. The van der Waals surface area contributed by atoms with Gasteiger partial charge in [0, 0.05) is 49.9 Å². The van der Waals surface area contributed by atoms with E-state index in [-0.39, 0.29) is 11.8 Å². The number of anilines is 1. The molecular formula is C21H25N5OS. The fraction of sp³-hybridized carbons (Fsp3) is 0.429. The van der Waals surface area contributed by atoms with E-state index in [0.717, 1.165) is 42.1 Å². The third-order valence-electron chi connectivity index (χ3n) is 5.61. The summed E-state index contributed by atoms with van der Waals surface area (Å²) in [5.74, 6) is 1.31. The molecule has 0 bridgehead atoms. The van der Waals surface area contributed by atoms with Crippen molar-refractivity contribution in [3.8, 4) is 0 Å². The summed E-state index contributed by atoms with van der Waals surface area (Å²) in [6, 6.07) is 3.91. The van der Waals surface area contributed by atoms with Crippen molar-refractivity contribution in [1.82, 2.24) is 19.9 Å². The monoisotopic (exact) mass is 395 g/mol. The van der Waals surface area contributed by atoms with Gasteiger partial charge in [0.05, 0.1) is 5.39 Å². The molecule has 0 aromatic carbocycles. The van der Waals surface area contributed by atoms with Gasteiger partial charge in [0.25, 0.3) is 0 Å². The van der Waals surface area contributed by atoms with E-state index in [4.69, 9.17) is 0 Å². The highest BCUT2D eigenvalue weighted by Crippen LogP contribution is 2.35. The number of amides is 1. The maximum atomic E-state index is 12.9. The first-order valence-electron chi connectivity index (χ1n) is 9.64. The first-order chi connectivity index (χ1) is 13.5. The zero-order valence-corrected chi connectivity index (χ0v) is 17.4. The summed E-state index contributed by atoms with van der Waals surface area (Å²) in [6.07, 6.45) is 6.93. The molecule has 3 aromatic heterocycles. The highest BCUT2D eigenvalue weighted by Gasteiger charge is 2.29. The number of carbonyl (C=O) groups is 1. The number of hydrogen-bond acceptors (Lipinski definition) is 6. The van der Waals surface area contributed by atoms with Crippen molar-refractivity contribution in [2.45, 2.75) is 33.2 Å². The highest BCUT2D eigenvalue weighted by atomic mass is 32.1. The first-order valence-corrected chi connectivity index (χ1v) is 10.5. The van der Waals surface area contributed by atoms with Crippen LogP contribution < -0.4 is 4.90 Å². The largest absolute Gasteiger partial charge is 0.356 e. The van der Waals surface area contributed by atoms with E-state index in [1.54, 1.807) is 23.9 Å². The maximum absolute atomic E-state index is 12.9. The molecule has 0 atom stereocenters. The van der Waals surface area contributed by atoms with Gasteiger partial charge in [-0.15, -0.1) is 11.3 Å². The molecule has 1 fully saturated rings. The molecule has 1 aliphatic heterocycles. The summed E-state index contributed by atoms with van der Waals surface area (Å²) in [4.78, 5) is 32.5. The molecule has 0 saturated carbocycles. The third kappa shape index (κ3) is 3.58. The average molecular weight is 396 g/mol. The number of nitrogens with zero attached hydrogens (tertiary/aromatic N) is 5. The van der Waals surface area contributed by atoms with Crippen molar-refractivity contribution in [2.75, 3.05) is 25.0 Å². The van der Waals surface area contributed by atoms with Crippen molar-refractivity contribution < 1.29 is 4.79 Å². The lowest BCUT2D eigenvalue weighted by Crippen LogP contribution is -2.41. The SMILES string of the molecule is Cc1sc2ncnc(N3CCC(C(=O)N(C)Cc4cccnc4)CC3)c2c1C. The minimum Gasteiger partial charge on any atom is -0.356 e. The molecule has 28 heavy (non-hydrogen) atoms. The molecule has 7 heteroatoms. The smallest absolute Gasteiger partial charge is 0.225 e. The van der Waals surface area contributed by atoms with Gasteiger partial charge in [-0.1, -0.05) is 6.07 Å². The molecule has 3 aromatic rings. The summed E-state index contributed by atoms with van der Waals surface area (Å²) in [7, 11) is 1.88. The first kappa shape index (κ1) is 18.8. The topological polar surface area (TPSA) is 62.2 Å². The van der Waals surface area contributed by atoms with E-state index in [1.807, 2.05) is 30.3 Å². The van der Waals surface area contributed by atoms with Gasteiger partial charge in [-0.05, 0) is 43.9 Å². The van der Waals surface area contributed by atoms with Crippen molar-refractivity contribution >= 4 is 33.3 Å². The lowest BCUT2D eigenvalue weighted by atomic mass is 9.95. The van der Waals surface area contributed by atoms with E-state index in [0.29, 0.717) is 6.54 Å². The second-order valence-electron chi connectivity index (χ2n) is 7.48. The number of aromatic nitrogens is 3. The van der Waals surface area contributed by atoms with Crippen LogP contribution in [0.4, 0.5) is 5.82 Å². The Morgan fingerprint density at radius 2 is 2.07 bits per heavy atom. The summed E-state index contributed by atoms with van der Waals surface area (Å²) >= 11 is 1.72.